The van der Waals surface area contributed by atoms with Gasteiger partial charge in [-0.15, -0.1) is 0 Å². The molecule has 0 saturated carbocycles. The van der Waals surface area contributed by atoms with Crippen LogP contribution in [0.25, 0.3) is 16.9 Å². The average Bonchev–Trinajstić information content (AvgIpc) is 3.13. The van der Waals surface area contributed by atoms with Crippen molar-refractivity contribution in [3.05, 3.63) is 74.9 Å². The Morgan fingerprint density at radius 1 is 1.27 bits per heavy atom. The van der Waals surface area contributed by atoms with Crippen molar-refractivity contribution in [3.8, 4) is 11.3 Å². The molecule has 0 fully saturated rings. The molecule has 0 aliphatic carbocycles. The van der Waals surface area contributed by atoms with Crippen molar-refractivity contribution >= 4 is 44.9 Å². The van der Waals surface area contributed by atoms with E-state index in [9.17, 15) is 4.79 Å². The minimum atomic E-state index is -0.0971. The summed E-state index contributed by atoms with van der Waals surface area (Å²) in [6, 6.07) is 12.1. The van der Waals surface area contributed by atoms with Gasteiger partial charge in [0.15, 0.2) is 5.69 Å². The van der Waals surface area contributed by atoms with Crippen molar-refractivity contribution in [3.63, 3.8) is 0 Å². The van der Waals surface area contributed by atoms with Gasteiger partial charge in [0.05, 0.1) is 28.6 Å². The Morgan fingerprint density at radius 3 is 2.73 bits per heavy atom. The number of quaternary nitrogens is 1. The van der Waals surface area contributed by atoms with Crippen LogP contribution in [0.5, 0.6) is 0 Å². The monoisotopic (exact) mass is 463 g/mol. The minimum absolute atomic E-state index is 0.0971. The van der Waals surface area contributed by atoms with Gasteiger partial charge in [-0.25, -0.2) is 4.98 Å². The van der Waals surface area contributed by atoms with Crippen molar-refractivity contribution in [2.75, 3.05) is 12.4 Å². The Balaban J connectivity index is 1.61. The first-order chi connectivity index (χ1) is 14.6. The Kier molecular flexibility index (Phi) is 4.52. The highest BCUT2D eigenvalue weighted by atomic mass is 79.9. The average molecular weight is 464 g/mol. The molecule has 7 nitrogen and oxygen atoms in total. The summed E-state index contributed by atoms with van der Waals surface area (Å²) in [6.45, 7) is 0.689. The van der Waals surface area contributed by atoms with Crippen LogP contribution in [0.15, 0.2) is 58.1 Å². The van der Waals surface area contributed by atoms with Crippen LogP contribution in [-0.4, -0.2) is 27.2 Å². The van der Waals surface area contributed by atoms with Gasteiger partial charge in [0.25, 0.3) is 5.56 Å². The number of halogens is 1. The van der Waals surface area contributed by atoms with Crippen molar-refractivity contribution in [2.24, 2.45) is 0 Å². The fraction of sp³-hybridized carbons (Fsp3) is 0.136. The number of nitrogens with two attached hydrogens (primary N) is 1. The summed E-state index contributed by atoms with van der Waals surface area (Å²) in [6.07, 6.45) is 5.96. The molecule has 150 valence electrons. The third kappa shape index (κ3) is 2.88. The first-order valence-corrected chi connectivity index (χ1v) is 10.5. The molecule has 1 aliphatic heterocycles. The highest BCUT2D eigenvalue weighted by molar-refractivity contribution is 9.10. The summed E-state index contributed by atoms with van der Waals surface area (Å²) in [7, 11) is 1.89. The molecule has 4 heterocycles. The standard InChI is InChI=1S/C22H19BrN6O/c1-25-20-14(10-24)22(30)29-8-7-18(29)21(20)27-16-9-19-26-17(12-28(19)11-15(16)23)13-5-3-2-4-6-13/h2-6,9-12,24-25,27H,7-8H2,1H3/p+1. The Bertz CT molecular complexity index is 1360. The molecule has 8 heteroatoms. The number of hydrogen-bond donors (Lipinski definition) is 3. The normalized spacial score (nSPS) is 12.5. The number of fused-ring (bicyclic) bond motifs is 2. The number of rotatable bonds is 5. The molecule has 0 unspecified atom stereocenters. The minimum Gasteiger partial charge on any atom is -0.348 e. The largest absolute Gasteiger partial charge is 0.348 e. The second-order valence-corrected chi connectivity index (χ2v) is 8.06. The number of hydrogen-bond acceptors (Lipinski definition) is 4. The number of nitrogens with zero attached hydrogens (tertiary/aromatic N) is 3. The van der Waals surface area contributed by atoms with Crippen molar-refractivity contribution in [1.82, 2.24) is 14.0 Å². The van der Waals surface area contributed by atoms with E-state index in [0.717, 1.165) is 56.8 Å². The zero-order valence-corrected chi connectivity index (χ0v) is 17.9. The Hall–Kier alpha value is -3.23. The molecule has 0 atom stereocenters. The smallest absolute Gasteiger partial charge is 0.265 e. The van der Waals surface area contributed by atoms with E-state index in [1.54, 1.807) is 4.57 Å². The van der Waals surface area contributed by atoms with E-state index < -0.39 is 0 Å². The van der Waals surface area contributed by atoms with Crippen LogP contribution in [0.4, 0.5) is 17.1 Å². The fourth-order valence-electron chi connectivity index (χ4n) is 3.94. The number of anilines is 2. The molecule has 0 saturated heterocycles. The molecule has 1 aliphatic rings. The fourth-order valence-corrected chi connectivity index (χ4v) is 4.37. The van der Waals surface area contributed by atoms with Gasteiger partial charge in [-0.1, -0.05) is 30.3 Å². The lowest BCUT2D eigenvalue weighted by atomic mass is 10.0. The van der Waals surface area contributed by atoms with Crippen LogP contribution < -0.4 is 16.2 Å². The van der Waals surface area contributed by atoms with Gasteiger partial charge in [-0.3, -0.25) is 4.79 Å². The lowest BCUT2D eigenvalue weighted by Crippen LogP contribution is -2.74. The number of pyridine rings is 2. The van der Waals surface area contributed by atoms with Crippen molar-refractivity contribution in [2.45, 2.75) is 13.0 Å². The van der Waals surface area contributed by atoms with Gasteiger partial charge in [0.2, 0.25) is 0 Å². The SMILES string of the molecule is C[NH2+]c1c(Nc2cc3nc(-c4ccccc4)cn3cc2Br)c2n(c(=O)c1C=N)CC2. The Labute approximate surface area is 181 Å². The first kappa shape index (κ1) is 18.8. The van der Waals surface area contributed by atoms with Crippen LogP contribution in [0.3, 0.4) is 0 Å². The van der Waals surface area contributed by atoms with Crippen LogP contribution in [-0.2, 0) is 13.0 Å². The highest BCUT2D eigenvalue weighted by Gasteiger charge is 2.28. The topological polar surface area (TPSA) is 91.8 Å². The van der Waals surface area contributed by atoms with Crippen molar-refractivity contribution < 1.29 is 5.32 Å². The van der Waals surface area contributed by atoms with Gasteiger partial charge in [-0.2, -0.15) is 0 Å². The van der Waals surface area contributed by atoms with E-state index in [4.69, 9.17) is 10.4 Å². The summed E-state index contributed by atoms with van der Waals surface area (Å²) < 4.78 is 4.61. The highest BCUT2D eigenvalue weighted by Crippen LogP contribution is 2.35. The van der Waals surface area contributed by atoms with E-state index >= 15 is 0 Å². The maximum atomic E-state index is 12.6. The van der Waals surface area contributed by atoms with Gasteiger partial charge < -0.3 is 25.0 Å². The van der Waals surface area contributed by atoms with Crippen LogP contribution in [0.1, 0.15) is 11.3 Å². The molecule has 0 spiro atoms. The third-order valence-electron chi connectivity index (χ3n) is 5.53. The Morgan fingerprint density at radius 2 is 2.07 bits per heavy atom. The molecule has 3 aromatic heterocycles. The van der Waals surface area contributed by atoms with Crippen LogP contribution >= 0.6 is 15.9 Å². The van der Waals surface area contributed by atoms with Gasteiger partial charge >= 0.3 is 0 Å². The molecule has 0 bridgehead atoms. The molecule has 0 amide bonds. The summed E-state index contributed by atoms with van der Waals surface area (Å²) in [4.78, 5) is 17.4. The third-order valence-corrected chi connectivity index (χ3v) is 6.16. The second-order valence-electron chi connectivity index (χ2n) is 7.21. The first-order valence-electron chi connectivity index (χ1n) is 9.71. The molecular formula is C22H20BrN6O+. The number of aromatic nitrogens is 3. The van der Waals surface area contributed by atoms with E-state index in [0.29, 0.717) is 12.1 Å². The summed E-state index contributed by atoms with van der Waals surface area (Å²) in [5, 5.41) is 13.1. The number of imidazole rings is 1. The van der Waals surface area contributed by atoms with Crippen molar-refractivity contribution in [1.29, 1.82) is 5.41 Å². The molecule has 4 aromatic rings. The molecule has 0 radical (unpaired) electrons. The summed E-state index contributed by atoms with van der Waals surface area (Å²) in [5.41, 5.74) is 6.58. The summed E-state index contributed by atoms with van der Waals surface area (Å²) >= 11 is 3.66. The van der Waals surface area contributed by atoms with Gasteiger partial charge in [0.1, 0.15) is 16.9 Å². The van der Waals surface area contributed by atoms with E-state index in [1.807, 2.05) is 65.6 Å². The quantitative estimate of drug-likeness (QED) is 0.397. The number of benzene rings is 1. The van der Waals surface area contributed by atoms with E-state index in [-0.39, 0.29) is 5.56 Å². The van der Waals surface area contributed by atoms with Crippen LogP contribution in [0, 0.1) is 5.41 Å². The lowest BCUT2D eigenvalue weighted by molar-refractivity contribution is -0.538. The van der Waals surface area contributed by atoms with Crippen LogP contribution in [0.2, 0.25) is 0 Å². The van der Waals surface area contributed by atoms with Gasteiger partial charge in [0, 0.05) is 43.2 Å². The summed E-state index contributed by atoms with van der Waals surface area (Å²) in [5.74, 6) is 0. The predicted octanol–water partition coefficient (Wildman–Crippen LogP) is 3.05. The number of nitrogens with one attached hydrogen (secondary N) is 2. The molecule has 1 aromatic carbocycles. The zero-order chi connectivity index (χ0) is 20.8. The predicted molar refractivity (Wildman–Crippen MR) is 121 cm³/mol. The van der Waals surface area contributed by atoms with Gasteiger partial charge in [-0.05, 0) is 15.9 Å². The molecule has 30 heavy (non-hydrogen) atoms. The zero-order valence-electron chi connectivity index (χ0n) is 16.3. The maximum Gasteiger partial charge on any atom is 0.265 e. The van der Waals surface area contributed by atoms with E-state index in [1.165, 1.54) is 0 Å². The molecule has 4 N–H and O–H groups in total. The lowest BCUT2D eigenvalue weighted by Gasteiger charge is -2.27. The maximum absolute atomic E-state index is 12.6. The molecular weight excluding hydrogens is 444 g/mol. The molecule has 5 rings (SSSR count). The second kappa shape index (κ2) is 7.23. The van der Waals surface area contributed by atoms with E-state index in [2.05, 4.69) is 21.2 Å².